The largest absolute Gasteiger partial charge is 0.508 e. The molecule has 6 heterocycles. The molecule has 0 saturated carbocycles. The van der Waals surface area contributed by atoms with Gasteiger partial charge in [-0.25, -0.2) is 4.84 Å². The molecule has 6 aromatic rings. The van der Waals surface area contributed by atoms with Crippen LogP contribution in [-0.4, -0.2) is 78.0 Å². The summed E-state index contributed by atoms with van der Waals surface area (Å²) in [6.45, 7) is 7.21. The zero-order valence-corrected chi connectivity index (χ0v) is 32.8. The van der Waals surface area contributed by atoms with Crippen LogP contribution in [0.15, 0.2) is 84.9 Å². The number of carbonyl (C=O) groups is 1. The predicted octanol–water partition coefficient (Wildman–Crippen LogP) is 7.41. The first-order valence-corrected chi connectivity index (χ1v) is 20.1. The molecular formula is C46H46N5O7+. The molecule has 0 spiro atoms. The molecule has 0 bridgehead atoms. The Bertz CT molecular complexity index is 2600. The fourth-order valence-electron chi connectivity index (χ4n) is 9.53. The number of carbonyl (C=O) groups excluding carboxylic acids is 1. The molecule has 296 valence electrons. The van der Waals surface area contributed by atoms with Gasteiger partial charge in [-0.15, -0.1) is 0 Å². The molecule has 12 nitrogen and oxygen atoms in total. The minimum atomic E-state index is -0.166. The molecule has 1 unspecified atom stereocenters. The number of amides is 1. The number of phenols is 1. The summed E-state index contributed by atoms with van der Waals surface area (Å²) in [5.41, 5.74) is 10.2. The summed E-state index contributed by atoms with van der Waals surface area (Å²) in [7, 11) is 1.33. The summed E-state index contributed by atoms with van der Waals surface area (Å²) in [5, 5.41) is 12.3. The van der Waals surface area contributed by atoms with E-state index in [2.05, 4.69) is 56.7 Å². The first kappa shape index (κ1) is 36.2. The van der Waals surface area contributed by atoms with Crippen molar-refractivity contribution in [1.82, 2.24) is 9.30 Å². The van der Waals surface area contributed by atoms with Crippen LogP contribution in [-0.2, 0) is 41.9 Å². The van der Waals surface area contributed by atoms with Gasteiger partial charge in [0, 0.05) is 71.7 Å². The van der Waals surface area contributed by atoms with Gasteiger partial charge in [0.2, 0.25) is 6.79 Å². The van der Waals surface area contributed by atoms with Gasteiger partial charge in [0.05, 0.1) is 41.4 Å². The molecule has 4 aliphatic heterocycles. The number of pyridine rings is 1. The van der Waals surface area contributed by atoms with E-state index in [-0.39, 0.29) is 31.0 Å². The number of aromatic hydroxyl groups is 1. The number of rotatable bonds is 9. The van der Waals surface area contributed by atoms with Crippen molar-refractivity contribution in [1.29, 1.82) is 0 Å². The fraction of sp³-hybridized carbons (Fsp3) is 0.326. The Kier molecular flexibility index (Phi) is 9.17. The van der Waals surface area contributed by atoms with Gasteiger partial charge >= 0.3 is 5.69 Å². The Labute approximate surface area is 336 Å². The number of aryl methyl sites for hydroxylation is 2. The van der Waals surface area contributed by atoms with E-state index in [1.165, 1.54) is 29.6 Å². The standard InChI is InChI=1S/C46H45N5O7/c1-29-31(9-5-10-39(29)51(54)55-2)25-49(33-13-15-35(52)16-14-33)46(53)38-22-42-36-23-43-44(58-28-57-43)24-37(36)45(41-12-6-11-40(38)50(41)42)48-26-32-8-4-3-7-30(32)21-34(48)27-47-17-19-56-20-18-47/h3-5,7-10,13-16,22-24,34H,6,11-12,17-21,25-28H2,1-2H3/p+1. The minimum absolute atomic E-state index is 0.107. The van der Waals surface area contributed by atoms with Crippen LogP contribution < -0.4 is 19.3 Å². The maximum absolute atomic E-state index is 15.3. The molecule has 0 radical (unpaired) electrons. The number of anilines is 2. The molecule has 2 aromatic heterocycles. The van der Waals surface area contributed by atoms with Crippen LogP contribution in [0.5, 0.6) is 17.2 Å². The lowest BCUT2D eigenvalue weighted by atomic mass is 9.91. The highest BCUT2D eigenvalue weighted by Crippen LogP contribution is 2.47. The average Bonchev–Trinajstić information content (AvgIpc) is 3.88. The lowest BCUT2D eigenvalue weighted by Gasteiger charge is -2.43. The Balaban J connectivity index is 1.16. The first-order valence-electron chi connectivity index (χ1n) is 20.1. The summed E-state index contributed by atoms with van der Waals surface area (Å²) in [5.74, 6) is 1.36. The number of phenolic OH excluding ortho intramolecular Hbond substituents is 1. The molecule has 1 fully saturated rings. The lowest BCUT2D eigenvalue weighted by Crippen LogP contribution is -2.50. The monoisotopic (exact) mass is 780 g/mol. The topological polar surface area (TPSA) is 108 Å². The third-order valence-electron chi connectivity index (χ3n) is 12.5. The van der Waals surface area contributed by atoms with Crippen molar-refractivity contribution in [2.45, 2.75) is 51.7 Å². The van der Waals surface area contributed by atoms with Crippen molar-refractivity contribution < 1.29 is 33.9 Å². The summed E-state index contributed by atoms with van der Waals surface area (Å²) < 4.78 is 20.1. The minimum Gasteiger partial charge on any atom is -0.508 e. The molecule has 1 saturated heterocycles. The Hall–Kier alpha value is -6.11. The highest BCUT2D eigenvalue weighted by molar-refractivity contribution is 6.12. The maximum Gasteiger partial charge on any atom is 0.319 e. The van der Waals surface area contributed by atoms with E-state index >= 15 is 4.79 Å². The third-order valence-corrected chi connectivity index (χ3v) is 12.5. The van der Waals surface area contributed by atoms with Gasteiger partial charge in [-0.2, -0.15) is 0 Å². The molecule has 1 amide bonds. The third kappa shape index (κ3) is 6.18. The van der Waals surface area contributed by atoms with Crippen molar-refractivity contribution >= 4 is 39.3 Å². The number of fused-ring (bicyclic) bond motifs is 4. The molecule has 58 heavy (non-hydrogen) atoms. The number of ether oxygens (including phenoxy) is 3. The average molecular weight is 781 g/mol. The molecule has 0 aliphatic carbocycles. The van der Waals surface area contributed by atoms with E-state index in [0.29, 0.717) is 33.2 Å². The zero-order chi connectivity index (χ0) is 39.5. The van der Waals surface area contributed by atoms with E-state index < -0.39 is 0 Å². The second-order valence-corrected chi connectivity index (χ2v) is 15.7. The molecular weight excluding hydrogens is 735 g/mol. The van der Waals surface area contributed by atoms with Gasteiger partial charge in [-0.3, -0.25) is 9.69 Å². The van der Waals surface area contributed by atoms with Gasteiger partial charge in [-0.1, -0.05) is 36.4 Å². The number of aromatic nitrogens is 1. The maximum atomic E-state index is 15.3. The normalized spacial score (nSPS) is 17.4. The van der Waals surface area contributed by atoms with E-state index in [4.69, 9.17) is 19.0 Å². The van der Waals surface area contributed by atoms with E-state index in [0.717, 1.165) is 98.4 Å². The van der Waals surface area contributed by atoms with Crippen LogP contribution in [0.25, 0.3) is 16.3 Å². The number of hydrogen-bond acceptors (Lipinski definition) is 9. The molecule has 4 aromatic carbocycles. The first-order chi connectivity index (χ1) is 28.4. The van der Waals surface area contributed by atoms with Gasteiger partial charge in [0.25, 0.3) is 10.8 Å². The van der Waals surface area contributed by atoms with E-state index in [1.807, 2.05) is 13.0 Å². The van der Waals surface area contributed by atoms with Crippen LogP contribution in [0, 0.1) is 11.8 Å². The van der Waals surface area contributed by atoms with Crippen LogP contribution in [0.4, 0.5) is 17.1 Å². The predicted molar refractivity (Wildman–Crippen MR) is 221 cm³/mol. The SMILES string of the molecule is CO[N+](=O)c1cccc(CN(C(=O)c2cc3c4cc5c(cc4c(N4Cc6ccccc6CC4CN4CCOCC4)c4n3c2CCC4)OCO5)c2ccc(O)cc2)c1C. The van der Waals surface area contributed by atoms with Crippen LogP contribution in [0.1, 0.15) is 50.4 Å². The summed E-state index contributed by atoms with van der Waals surface area (Å²) in [6.07, 6.45) is 3.40. The van der Waals surface area contributed by atoms with Crippen molar-refractivity contribution in [3.8, 4) is 17.2 Å². The highest BCUT2D eigenvalue weighted by Gasteiger charge is 2.36. The van der Waals surface area contributed by atoms with Gasteiger partial charge in [0.15, 0.2) is 18.6 Å². The quantitative estimate of drug-likeness (QED) is 0.150. The molecule has 1 N–H and O–H groups in total. The summed E-state index contributed by atoms with van der Waals surface area (Å²) >= 11 is 0. The smallest absolute Gasteiger partial charge is 0.319 e. The number of nitrogens with zero attached hydrogens (tertiary/aromatic N) is 5. The second kappa shape index (κ2) is 14.7. The molecule has 12 heteroatoms. The lowest BCUT2D eigenvalue weighted by molar-refractivity contribution is -0.737. The van der Waals surface area contributed by atoms with Crippen LogP contribution >= 0.6 is 0 Å². The highest BCUT2D eigenvalue weighted by atomic mass is 16.8. The molecule has 10 rings (SSSR count). The fourth-order valence-corrected chi connectivity index (χ4v) is 9.53. The van der Waals surface area contributed by atoms with Crippen molar-refractivity contribution in [2.24, 2.45) is 0 Å². The van der Waals surface area contributed by atoms with Crippen LogP contribution in [0.3, 0.4) is 0 Å². The number of hydrogen-bond donors (Lipinski definition) is 1. The zero-order valence-electron chi connectivity index (χ0n) is 32.8. The van der Waals surface area contributed by atoms with Gasteiger partial charge in [-0.05, 0) is 91.8 Å². The van der Waals surface area contributed by atoms with Crippen LogP contribution in [0.2, 0.25) is 0 Å². The van der Waals surface area contributed by atoms with Gasteiger partial charge < -0.3 is 33.5 Å². The number of morpholine rings is 1. The Morgan fingerprint density at radius 1 is 0.914 bits per heavy atom. The molecule has 4 aliphatic rings. The second-order valence-electron chi connectivity index (χ2n) is 15.7. The Morgan fingerprint density at radius 2 is 1.66 bits per heavy atom. The van der Waals surface area contributed by atoms with Crippen molar-refractivity contribution in [3.05, 3.63) is 129 Å². The number of benzene rings is 4. The van der Waals surface area contributed by atoms with E-state index in [9.17, 15) is 10.0 Å². The van der Waals surface area contributed by atoms with Crippen molar-refractivity contribution in [2.75, 3.05) is 56.6 Å². The van der Waals surface area contributed by atoms with Gasteiger partial charge in [0.1, 0.15) is 5.75 Å². The van der Waals surface area contributed by atoms with E-state index in [1.54, 1.807) is 41.3 Å². The molecule has 1 atom stereocenters. The van der Waals surface area contributed by atoms with Crippen molar-refractivity contribution in [3.63, 3.8) is 0 Å². The Morgan fingerprint density at radius 3 is 2.43 bits per heavy atom. The summed E-state index contributed by atoms with van der Waals surface area (Å²) in [6, 6.07) is 27.4. The summed E-state index contributed by atoms with van der Waals surface area (Å²) in [4.78, 5) is 40.3.